The molecule has 0 aliphatic heterocycles. The van der Waals surface area contributed by atoms with E-state index in [2.05, 4.69) is 4.98 Å². The molecule has 5 heteroatoms. The van der Waals surface area contributed by atoms with Crippen LogP contribution in [-0.2, 0) is 0 Å². The molecule has 0 aliphatic carbocycles. The molecule has 4 nitrogen and oxygen atoms in total. The fourth-order valence-corrected chi connectivity index (χ4v) is 1.40. The number of hydrogen-bond donors (Lipinski definition) is 2. The Morgan fingerprint density at radius 2 is 2.40 bits per heavy atom. The van der Waals surface area contributed by atoms with E-state index >= 15 is 0 Å². The Hall–Kier alpha value is -1.20. The molecule has 1 rings (SSSR count). The molecule has 0 radical (unpaired) electrons. The first kappa shape index (κ1) is 11.9. The number of aliphatic hydroxyl groups excluding tert-OH is 1. The molecule has 1 unspecified atom stereocenters. The van der Waals surface area contributed by atoms with E-state index in [1.807, 2.05) is 24.1 Å². The van der Waals surface area contributed by atoms with Crippen molar-refractivity contribution in [2.75, 3.05) is 18.5 Å². The molecule has 0 bridgehead atoms. The largest absolute Gasteiger partial charge is 0.392 e. The predicted octanol–water partition coefficient (Wildman–Crippen LogP) is 0.533. The monoisotopic (exact) mass is 225 g/mol. The van der Waals surface area contributed by atoms with Crippen LogP contribution in [0.5, 0.6) is 0 Å². The molecule has 0 amide bonds. The van der Waals surface area contributed by atoms with E-state index in [9.17, 15) is 5.11 Å². The molecule has 1 aromatic heterocycles. The quantitative estimate of drug-likeness (QED) is 0.732. The van der Waals surface area contributed by atoms with Crippen molar-refractivity contribution in [1.29, 1.82) is 0 Å². The summed E-state index contributed by atoms with van der Waals surface area (Å²) in [5.74, 6) is 0. The molecule has 0 aromatic carbocycles. The molecule has 82 valence electrons. The molecule has 0 saturated heterocycles. The van der Waals surface area contributed by atoms with Crippen LogP contribution in [0.1, 0.15) is 12.6 Å². The maximum absolute atomic E-state index is 9.25. The van der Waals surface area contributed by atoms with E-state index in [1.165, 1.54) is 0 Å². The number of hydrogen-bond acceptors (Lipinski definition) is 4. The molecule has 1 aromatic rings. The van der Waals surface area contributed by atoms with Gasteiger partial charge >= 0.3 is 0 Å². The first-order chi connectivity index (χ1) is 7.00. The van der Waals surface area contributed by atoms with Gasteiger partial charge in [-0.25, -0.2) is 0 Å². The van der Waals surface area contributed by atoms with Crippen molar-refractivity contribution in [2.24, 2.45) is 5.73 Å². The van der Waals surface area contributed by atoms with Crippen LogP contribution in [0.3, 0.4) is 0 Å². The molecule has 0 saturated carbocycles. The number of likely N-dealkylation sites (N-methyl/N-ethyl adjacent to an activating group) is 1. The summed E-state index contributed by atoms with van der Waals surface area (Å²) in [5, 5.41) is 9.25. The highest BCUT2D eigenvalue weighted by molar-refractivity contribution is 7.80. The minimum atomic E-state index is -0.378. The van der Waals surface area contributed by atoms with Gasteiger partial charge in [-0.15, -0.1) is 0 Å². The zero-order valence-corrected chi connectivity index (χ0v) is 9.66. The normalized spacial score (nSPS) is 12.2. The predicted molar refractivity (Wildman–Crippen MR) is 65.1 cm³/mol. The first-order valence-corrected chi connectivity index (χ1v) is 5.06. The summed E-state index contributed by atoms with van der Waals surface area (Å²) in [5.41, 5.74) is 7.02. The average Bonchev–Trinajstić information content (AvgIpc) is 2.17. The molecule has 0 aliphatic rings. The van der Waals surface area contributed by atoms with Gasteiger partial charge in [0.1, 0.15) is 4.99 Å². The Bertz CT molecular complexity index is 354. The molecule has 1 heterocycles. The van der Waals surface area contributed by atoms with Gasteiger partial charge < -0.3 is 15.7 Å². The van der Waals surface area contributed by atoms with Crippen molar-refractivity contribution >= 4 is 22.9 Å². The third kappa shape index (κ3) is 3.45. The fraction of sp³-hybridized carbons (Fsp3) is 0.400. The number of nitrogens with two attached hydrogens (primary N) is 1. The third-order valence-corrected chi connectivity index (χ3v) is 2.18. The number of aromatic nitrogens is 1. The summed E-state index contributed by atoms with van der Waals surface area (Å²) >= 11 is 4.84. The van der Waals surface area contributed by atoms with Crippen molar-refractivity contribution < 1.29 is 5.11 Å². The highest BCUT2D eigenvalue weighted by atomic mass is 32.1. The van der Waals surface area contributed by atoms with Crippen molar-refractivity contribution in [3.63, 3.8) is 0 Å². The van der Waals surface area contributed by atoms with Crippen molar-refractivity contribution in [1.82, 2.24) is 4.98 Å². The standard InChI is InChI=1S/C10H15N3OS/c1-7(14)6-13(2)8-3-4-12-9(5-8)10(11)15/h3-5,7,14H,6H2,1-2H3,(H2,11,15). The van der Waals surface area contributed by atoms with E-state index in [-0.39, 0.29) is 11.1 Å². The lowest BCUT2D eigenvalue weighted by Gasteiger charge is -2.21. The van der Waals surface area contributed by atoms with E-state index in [0.717, 1.165) is 5.69 Å². The lowest BCUT2D eigenvalue weighted by Crippen LogP contribution is -2.27. The second-order valence-corrected chi connectivity index (χ2v) is 3.93. The highest BCUT2D eigenvalue weighted by Crippen LogP contribution is 2.13. The number of thiocarbonyl (C=S) groups is 1. The van der Waals surface area contributed by atoms with Gasteiger partial charge in [-0.1, -0.05) is 12.2 Å². The highest BCUT2D eigenvalue weighted by Gasteiger charge is 2.06. The Morgan fingerprint density at radius 1 is 1.73 bits per heavy atom. The number of rotatable bonds is 4. The minimum Gasteiger partial charge on any atom is -0.392 e. The van der Waals surface area contributed by atoms with Gasteiger partial charge in [0.15, 0.2) is 0 Å². The minimum absolute atomic E-state index is 0.280. The Kier molecular flexibility index (Phi) is 3.99. The summed E-state index contributed by atoms with van der Waals surface area (Å²) in [4.78, 5) is 6.25. The average molecular weight is 225 g/mol. The number of nitrogens with zero attached hydrogens (tertiary/aromatic N) is 2. The third-order valence-electron chi connectivity index (χ3n) is 1.97. The van der Waals surface area contributed by atoms with Gasteiger partial charge in [-0.05, 0) is 19.1 Å². The van der Waals surface area contributed by atoms with E-state index in [4.69, 9.17) is 18.0 Å². The SMILES string of the molecule is CC(O)CN(C)c1ccnc(C(N)=S)c1. The topological polar surface area (TPSA) is 62.4 Å². The van der Waals surface area contributed by atoms with Crippen molar-refractivity contribution in [2.45, 2.75) is 13.0 Å². The van der Waals surface area contributed by atoms with E-state index in [0.29, 0.717) is 12.2 Å². The lowest BCUT2D eigenvalue weighted by molar-refractivity contribution is 0.201. The second kappa shape index (κ2) is 5.04. The van der Waals surface area contributed by atoms with Crippen LogP contribution in [0, 0.1) is 0 Å². The van der Waals surface area contributed by atoms with Gasteiger partial charge in [-0.2, -0.15) is 0 Å². The molecule has 15 heavy (non-hydrogen) atoms. The van der Waals surface area contributed by atoms with E-state index in [1.54, 1.807) is 13.1 Å². The summed E-state index contributed by atoms with van der Waals surface area (Å²) in [7, 11) is 1.89. The van der Waals surface area contributed by atoms with Crippen LogP contribution in [-0.4, -0.2) is 34.8 Å². The van der Waals surface area contributed by atoms with Gasteiger partial charge in [0.2, 0.25) is 0 Å². The zero-order chi connectivity index (χ0) is 11.4. The van der Waals surface area contributed by atoms with Crippen LogP contribution in [0.15, 0.2) is 18.3 Å². The molecule has 0 spiro atoms. The lowest BCUT2D eigenvalue weighted by atomic mass is 10.2. The van der Waals surface area contributed by atoms with E-state index < -0.39 is 0 Å². The van der Waals surface area contributed by atoms with Gasteiger partial charge in [-0.3, -0.25) is 4.98 Å². The van der Waals surface area contributed by atoms with Crippen LogP contribution in [0.25, 0.3) is 0 Å². The zero-order valence-electron chi connectivity index (χ0n) is 8.84. The van der Waals surface area contributed by atoms with Crippen LogP contribution in [0.2, 0.25) is 0 Å². The molecule has 3 N–H and O–H groups in total. The number of pyridine rings is 1. The molecular weight excluding hydrogens is 210 g/mol. The second-order valence-electron chi connectivity index (χ2n) is 3.49. The van der Waals surface area contributed by atoms with Gasteiger partial charge in [0.05, 0.1) is 11.8 Å². The molecular formula is C10H15N3OS. The Morgan fingerprint density at radius 3 is 2.93 bits per heavy atom. The first-order valence-electron chi connectivity index (χ1n) is 4.65. The Balaban J connectivity index is 2.85. The maximum Gasteiger partial charge on any atom is 0.122 e. The van der Waals surface area contributed by atoms with Gasteiger partial charge in [0.25, 0.3) is 0 Å². The van der Waals surface area contributed by atoms with Crippen LogP contribution < -0.4 is 10.6 Å². The smallest absolute Gasteiger partial charge is 0.122 e. The molecule has 1 atom stereocenters. The number of anilines is 1. The summed E-state index contributed by atoms with van der Waals surface area (Å²) in [6.07, 6.45) is 1.28. The van der Waals surface area contributed by atoms with Crippen molar-refractivity contribution in [3.8, 4) is 0 Å². The molecule has 0 fully saturated rings. The summed E-state index contributed by atoms with van der Waals surface area (Å²) in [6.45, 7) is 2.30. The number of aliphatic hydroxyl groups is 1. The van der Waals surface area contributed by atoms with Gasteiger partial charge in [0, 0.05) is 25.5 Å². The maximum atomic E-state index is 9.25. The van der Waals surface area contributed by atoms with Crippen LogP contribution >= 0.6 is 12.2 Å². The summed E-state index contributed by atoms with van der Waals surface area (Å²) in [6, 6.07) is 3.66. The fourth-order valence-electron chi connectivity index (χ4n) is 1.29. The Labute approximate surface area is 94.7 Å². The van der Waals surface area contributed by atoms with Crippen molar-refractivity contribution in [3.05, 3.63) is 24.0 Å². The van der Waals surface area contributed by atoms with Crippen LogP contribution in [0.4, 0.5) is 5.69 Å². The summed E-state index contributed by atoms with van der Waals surface area (Å²) < 4.78 is 0.